The van der Waals surface area contributed by atoms with E-state index in [4.69, 9.17) is 21.7 Å². The van der Waals surface area contributed by atoms with Crippen molar-refractivity contribution < 1.29 is 14.3 Å². The van der Waals surface area contributed by atoms with Crippen LogP contribution in [0.5, 0.6) is 11.5 Å². The number of aromatic nitrogens is 3. The van der Waals surface area contributed by atoms with E-state index >= 15 is 0 Å². The monoisotopic (exact) mass is 478 g/mol. The van der Waals surface area contributed by atoms with Gasteiger partial charge in [0.05, 0.1) is 0 Å². The molecule has 2 aromatic carbocycles. The van der Waals surface area contributed by atoms with Gasteiger partial charge in [0.25, 0.3) is 0 Å². The van der Waals surface area contributed by atoms with Gasteiger partial charge in [-0.15, -0.1) is 0 Å². The predicted octanol–water partition coefficient (Wildman–Crippen LogP) is 4.71. The van der Waals surface area contributed by atoms with E-state index in [0.717, 1.165) is 54.1 Å². The Morgan fingerprint density at radius 3 is 2.74 bits per heavy atom. The zero-order valence-corrected chi connectivity index (χ0v) is 20.2. The number of rotatable bonds is 7. The number of hydrogen-bond donors (Lipinski definition) is 2. The number of carbonyl (C=O) groups is 1. The number of H-pyrrole nitrogens is 1. The Morgan fingerprint density at radius 2 is 1.94 bits per heavy atom. The van der Waals surface area contributed by atoms with Crippen LogP contribution in [0.2, 0.25) is 0 Å². The summed E-state index contributed by atoms with van der Waals surface area (Å²) in [6.45, 7) is 4.29. The Bertz CT molecular complexity index is 1240. The van der Waals surface area contributed by atoms with E-state index in [0.29, 0.717) is 37.5 Å². The van der Waals surface area contributed by atoms with Crippen molar-refractivity contribution in [1.82, 2.24) is 20.1 Å². The minimum atomic E-state index is -0.0653. The summed E-state index contributed by atoms with van der Waals surface area (Å²) in [5.41, 5.74) is 3.28. The van der Waals surface area contributed by atoms with E-state index in [2.05, 4.69) is 33.7 Å². The SMILES string of the molecule is Cc1cccc(-c2n[nH]c(=S)n2CCC(=O)NCC2(c3ccc4c(c3)OCCO4)CCCC2)c1. The van der Waals surface area contributed by atoms with Crippen molar-refractivity contribution in [3.8, 4) is 22.9 Å². The van der Waals surface area contributed by atoms with Crippen LogP contribution in [0.4, 0.5) is 0 Å². The maximum Gasteiger partial charge on any atom is 0.221 e. The van der Waals surface area contributed by atoms with Crippen LogP contribution in [0, 0.1) is 11.7 Å². The molecule has 0 spiro atoms. The highest BCUT2D eigenvalue weighted by atomic mass is 32.1. The van der Waals surface area contributed by atoms with Gasteiger partial charge in [0, 0.05) is 30.5 Å². The van der Waals surface area contributed by atoms with E-state index in [1.807, 2.05) is 35.8 Å². The van der Waals surface area contributed by atoms with Gasteiger partial charge in [-0.3, -0.25) is 14.5 Å². The molecule has 2 aliphatic rings. The fraction of sp³-hybridized carbons (Fsp3) is 0.423. The van der Waals surface area contributed by atoms with Crippen molar-refractivity contribution in [2.45, 2.75) is 51.0 Å². The first-order valence-corrected chi connectivity index (χ1v) is 12.3. The summed E-state index contributed by atoms with van der Waals surface area (Å²) in [5, 5.41) is 10.5. The average molecular weight is 479 g/mol. The van der Waals surface area contributed by atoms with Gasteiger partial charge in [0.15, 0.2) is 22.1 Å². The van der Waals surface area contributed by atoms with Crippen LogP contribution in [0.1, 0.15) is 43.2 Å². The molecule has 1 aliphatic heterocycles. The average Bonchev–Trinajstić information content (AvgIpc) is 3.48. The number of ether oxygens (including phenoxy) is 2. The summed E-state index contributed by atoms with van der Waals surface area (Å²) in [7, 11) is 0. The Kier molecular flexibility index (Phi) is 6.41. The molecular weight excluding hydrogens is 448 g/mol. The zero-order chi connectivity index (χ0) is 23.5. The maximum atomic E-state index is 12.9. The number of amides is 1. The fourth-order valence-electron chi connectivity index (χ4n) is 5.09. The van der Waals surface area contributed by atoms with Gasteiger partial charge in [-0.1, -0.05) is 42.7 Å². The molecule has 0 bridgehead atoms. The van der Waals surface area contributed by atoms with Crippen LogP contribution in [0.15, 0.2) is 42.5 Å². The van der Waals surface area contributed by atoms with Crippen LogP contribution < -0.4 is 14.8 Å². The molecule has 1 saturated carbocycles. The van der Waals surface area contributed by atoms with Crippen molar-refractivity contribution in [2.75, 3.05) is 19.8 Å². The third-order valence-corrected chi connectivity index (χ3v) is 7.25. The minimum absolute atomic E-state index is 0.0158. The fourth-order valence-corrected chi connectivity index (χ4v) is 5.32. The standard InChI is InChI=1S/C26H30N4O3S/c1-18-5-4-6-19(15-18)24-28-29-25(34)30(24)12-9-23(31)27-17-26(10-2-3-11-26)20-7-8-21-22(16-20)33-14-13-32-21/h4-8,15-16H,2-3,9-14,17H2,1H3,(H,27,31)(H,29,34). The summed E-state index contributed by atoms with van der Waals surface area (Å²) < 4.78 is 13.9. The topological polar surface area (TPSA) is 81.2 Å². The Morgan fingerprint density at radius 1 is 1.15 bits per heavy atom. The summed E-state index contributed by atoms with van der Waals surface area (Å²) in [6.07, 6.45) is 4.76. The Balaban J connectivity index is 1.26. The van der Waals surface area contributed by atoms with Gasteiger partial charge in [-0.25, -0.2) is 0 Å². The molecule has 8 heteroatoms. The smallest absolute Gasteiger partial charge is 0.221 e. The maximum absolute atomic E-state index is 12.9. The molecule has 2 heterocycles. The van der Waals surface area contributed by atoms with E-state index in [1.54, 1.807) is 0 Å². The van der Waals surface area contributed by atoms with Crippen molar-refractivity contribution in [3.05, 3.63) is 58.4 Å². The molecule has 0 saturated heterocycles. The first-order valence-electron chi connectivity index (χ1n) is 11.9. The predicted molar refractivity (Wildman–Crippen MR) is 133 cm³/mol. The molecule has 0 radical (unpaired) electrons. The summed E-state index contributed by atoms with van der Waals surface area (Å²) in [5.74, 6) is 2.37. The van der Waals surface area contributed by atoms with Gasteiger partial charge in [-0.05, 0) is 55.7 Å². The molecule has 7 nitrogen and oxygen atoms in total. The lowest BCUT2D eigenvalue weighted by Crippen LogP contribution is -2.39. The first-order chi connectivity index (χ1) is 16.5. The third kappa shape index (κ3) is 4.59. The van der Waals surface area contributed by atoms with Crippen molar-refractivity contribution in [1.29, 1.82) is 0 Å². The molecule has 1 amide bonds. The molecule has 1 fully saturated rings. The van der Waals surface area contributed by atoms with Gasteiger partial charge >= 0.3 is 0 Å². The van der Waals surface area contributed by atoms with Crippen LogP contribution in [0.25, 0.3) is 11.4 Å². The van der Waals surface area contributed by atoms with Crippen LogP contribution in [-0.2, 0) is 16.8 Å². The van der Waals surface area contributed by atoms with Crippen LogP contribution in [-0.4, -0.2) is 40.4 Å². The van der Waals surface area contributed by atoms with Crippen molar-refractivity contribution in [2.24, 2.45) is 0 Å². The Labute approximate surface area is 204 Å². The molecule has 0 unspecified atom stereocenters. The number of carbonyl (C=O) groups excluding carboxylic acids is 1. The van der Waals surface area contributed by atoms with Gasteiger partial charge < -0.3 is 14.8 Å². The molecule has 1 aliphatic carbocycles. The number of benzene rings is 2. The second-order valence-electron chi connectivity index (χ2n) is 9.25. The highest BCUT2D eigenvalue weighted by molar-refractivity contribution is 7.71. The number of aryl methyl sites for hydroxylation is 1. The van der Waals surface area contributed by atoms with Crippen molar-refractivity contribution in [3.63, 3.8) is 0 Å². The third-order valence-electron chi connectivity index (χ3n) is 6.94. The second-order valence-corrected chi connectivity index (χ2v) is 9.63. The van der Waals surface area contributed by atoms with E-state index in [9.17, 15) is 4.79 Å². The highest BCUT2D eigenvalue weighted by Crippen LogP contribution is 2.43. The highest BCUT2D eigenvalue weighted by Gasteiger charge is 2.36. The molecule has 1 aromatic heterocycles. The minimum Gasteiger partial charge on any atom is -0.486 e. The number of hydrogen-bond acceptors (Lipinski definition) is 5. The molecule has 0 atom stereocenters. The lowest BCUT2D eigenvalue weighted by molar-refractivity contribution is -0.121. The summed E-state index contributed by atoms with van der Waals surface area (Å²) in [6, 6.07) is 14.3. The van der Waals surface area contributed by atoms with Crippen LogP contribution >= 0.6 is 12.2 Å². The van der Waals surface area contributed by atoms with E-state index < -0.39 is 0 Å². The molecule has 5 rings (SSSR count). The van der Waals surface area contributed by atoms with Gasteiger partial charge in [0.1, 0.15) is 13.2 Å². The van der Waals surface area contributed by atoms with Gasteiger partial charge in [0.2, 0.25) is 5.91 Å². The Hall–Kier alpha value is -3.13. The molecule has 34 heavy (non-hydrogen) atoms. The lowest BCUT2D eigenvalue weighted by Gasteiger charge is -2.31. The lowest BCUT2D eigenvalue weighted by atomic mass is 9.78. The normalized spacial score (nSPS) is 16.4. The van der Waals surface area contributed by atoms with Gasteiger partial charge in [-0.2, -0.15) is 5.10 Å². The first kappa shape index (κ1) is 22.7. The number of fused-ring (bicyclic) bond motifs is 1. The quantitative estimate of drug-likeness (QED) is 0.481. The molecular formula is C26H30N4O3S. The van der Waals surface area contributed by atoms with Crippen LogP contribution in [0.3, 0.4) is 0 Å². The number of aromatic amines is 1. The zero-order valence-electron chi connectivity index (χ0n) is 19.4. The largest absolute Gasteiger partial charge is 0.486 e. The number of nitrogens with zero attached hydrogens (tertiary/aromatic N) is 2. The van der Waals surface area contributed by atoms with E-state index in [-0.39, 0.29) is 11.3 Å². The summed E-state index contributed by atoms with van der Waals surface area (Å²) >= 11 is 5.43. The second kappa shape index (κ2) is 9.62. The van der Waals surface area contributed by atoms with Crippen molar-refractivity contribution >= 4 is 18.1 Å². The summed E-state index contributed by atoms with van der Waals surface area (Å²) in [4.78, 5) is 12.9. The molecule has 2 N–H and O–H groups in total. The number of nitrogens with one attached hydrogen (secondary N) is 2. The molecule has 178 valence electrons. The van der Waals surface area contributed by atoms with E-state index in [1.165, 1.54) is 5.56 Å². The molecule has 3 aromatic rings.